The number of ether oxygens (including phenoxy) is 1. The van der Waals surface area contributed by atoms with Crippen LogP contribution >= 0.6 is 11.8 Å². The summed E-state index contributed by atoms with van der Waals surface area (Å²) in [5, 5.41) is 4.16. The molecule has 1 heterocycles. The molecule has 0 atom stereocenters. The second-order valence-electron chi connectivity index (χ2n) is 4.09. The summed E-state index contributed by atoms with van der Waals surface area (Å²) in [6.45, 7) is 5.96. The summed E-state index contributed by atoms with van der Waals surface area (Å²) < 4.78 is 5.40. The van der Waals surface area contributed by atoms with Crippen molar-refractivity contribution in [1.82, 2.24) is 9.97 Å². The van der Waals surface area contributed by atoms with E-state index in [-0.39, 0.29) is 0 Å². The smallest absolute Gasteiger partial charge is 0.157 e. The van der Waals surface area contributed by atoms with Gasteiger partial charge in [-0.3, -0.25) is 0 Å². The molecule has 1 N–H and O–H groups in total. The zero-order valence-corrected chi connectivity index (χ0v) is 12.6. The highest BCUT2D eigenvalue weighted by Crippen LogP contribution is 2.27. The first kappa shape index (κ1) is 14.8. The van der Waals surface area contributed by atoms with Gasteiger partial charge in [0, 0.05) is 24.1 Å². The summed E-state index contributed by atoms with van der Waals surface area (Å²) in [7, 11) is 0. The van der Waals surface area contributed by atoms with Gasteiger partial charge in [-0.2, -0.15) is 0 Å². The minimum atomic E-state index is 0.443. The predicted molar refractivity (Wildman–Crippen MR) is 82.1 cm³/mol. The predicted octanol–water partition coefficient (Wildman–Crippen LogP) is 3.60. The topological polar surface area (TPSA) is 47.0 Å². The Morgan fingerprint density at radius 1 is 1.15 bits per heavy atom. The van der Waals surface area contributed by atoms with Crippen LogP contribution in [0.15, 0.2) is 46.3 Å². The van der Waals surface area contributed by atoms with E-state index in [1.807, 2.05) is 38.1 Å². The summed E-state index contributed by atoms with van der Waals surface area (Å²) >= 11 is 1.63. The number of hydrogen-bond acceptors (Lipinski definition) is 5. The molecule has 5 heteroatoms. The first-order chi connectivity index (χ1) is 9.81. The standard InChI is InChI=1S/C15H19N3OS/c1-3-16-13-10-15(18-14(17-13)11-19-4-2)20-12-8-6-5-7-9-12/h5-10H,3-4,11H2,1-2H3,(H,16,17,18). The van der Waals surface area contributed by atoms with Crippen molar-refractivity contribution < 1.29 is 4.74 Å². The molecule has 2 rings (SSSR count). The van der Waals surface area contributed by atoms with Crippen LogP contribution in [0.1, 0.15) is 19.7 Å². The highest BCUT2D eigenvalue weighted by molar-refractivity contribution is 7.99. The lowest BCUT2D eigenvalue weighted by Crippen LogP contribution is -2.05. The van der Waals surface area contributed by atoms with Crippen LogP contribution in [-0.4, -0.2) is 23.1 Å². The van der Waals surface area contributed by atoms with Crippen molar-refractivity contribution >= 4 is 17.6 Å². The maximum atomic E-state index is 5.40. The van der Waals surface area contributed by atoms with Crippen molar-refractivity contribution in [3.05, 3.63) is 42.2 Å². The van der Waals surface area contributed by atoms with Gasteiger partial charge < -0.3 is 10.1 Å². The normalized spacial score (nSPS) is 10.5. The van der Waals surface area contributed by atoms with Crippen LogP contribution in [0.25, 0.3) is 0 Å². The van der Waals surface area contributed by atoms with E-state index in [9.17, 15) is 0 Å². The van der Waals surface area contributed by atoms with Gasteiger partial charge in [0.05, 0.1) is 0 Å². The van der Waals surface area contributed by atoms with E-state index >= 15 is 0 Å². The fourth-order valence-electron chi connectivity index (χ4n) is 1.66. The molecule has 0 amide bonds. The Morgan fingerprint density at radius 2 is 1.95 bits per heavy atom. The molecule has 106 valence electrons. The van der Waals surface area contributed by atoms with E-state index in [2.05, 4.69) is 27.4 Å². The van der Waals surface area contributed by atoms with Crippen molar-refractivity contribution in [2.45, 2.75) is 30.4 Å². The largest absolute Gasteiger partial charge is 0.374 e. The number of rotatable bonds is 7. The summed E-state index contributed by atoms with van der Waals surface area (Å²) in [4.78, 5) is 10.1. The van der Waals surface area contributed by atoms with Crippen LogP contribution in [0.5, 0.6) is 0 Å². The summed E-state index contributed by atoms with van der Waals surface area (Å²) in [6, 6.07) is 12.2. The highest BCUT2D eigenvalue weighted by atomic mass is 32.2. The van der Waals surface area contributed by atoms with Gasteiger partial charge in [0.1, 0.15) is 17.5 Å². The monoisotopic (exact) mass is 289 g/mol. The van der Waals surface area contributed by atoms with Crippen LogP contribution in [0.3, 0.4) is 0 Å². The van der Waals surface area contributed by atoms with Gasteiger partial charge in [-0.05, 0) is 26.0 Å². The number of aromatic nitrogens is 2. The molecular formula is C15H19N3OS. The third kappa shape index (κ3) is 4.51. The number of benzene rings is 1. The van der Waals surface area contributed by atoms with Gasteiger partial charge in [-0.25, -0.2) is 9.97 Å². The third-order valence-corrected chi connectivity index (χ3v) is 3.43. The summed E-state index contributed by atoms with van der Waals surface area (Å²) in [5.41, 5.74) is 0. The first-order valence-corrected chi connectivity index (χ1v) is 7.56. The van der Waals surface area contributed by atoms with Crippen LogP contribution in [0.2, 0.25) is 0 Å². The van der Waals surface area contributed by atoms with Crippen LogP contribution < -0.4 is 5.32 Å². The van der Waals surface area contributed by atoms with Crippen molar-refractivity contribution in [2.24, 2.45) is 0 Å². The molecule has 1 aromatic heterocycles. The van der Waals surface area contributed by atoms with Crippen molar-refractivity contribution in [1.29, 1.82) is 0 Å². The van der Waals surface area contributed by atoms with Gasteiger partial charge in [0.15, 0.2) is 5.82 Å². The van der Waals surface area contributed by atoms with Gasteiger partial charge in [0.25, 0.3) is 0 Å². The average Bonchev–Trinajstić information content (AvgIpc) is 2.46. The van der Waals surface area contributed by atoms with Crippen LogP contribution in [0.4, 0.5) is 5.82 Å². The average molecular weight is 289 g/mol. The molecule has 0 aliphatic heterocycles. The van der Waals surface area contributed by atoms with E-state index < -0.39 is 0 Å². The Morgan fingerprint density at radius 3 is 2.65 bits per heavy atom. The lowest BCUT2D eigenvalue weighted by atomic mass is 10.4. The maximum absolute atomic E-state index is 5.40. The van der Waals surface area contributed by atoms with Crippen molar-refractivity contribution in [3.63, 3.8) is 0 Å². The van der Waals surface area contributed by atoms with Gasteiger partial charge >= 0.3 is 0 Å². The summed E-state index contributed by atoms with van der Waals surface area (Å²) in [5.74, 6) is 1.55. The lowest BCUT2D eigenvalue weighted by Gasteiger charge is -2.08. The molecule has 0 aliphatic rings. The Labute approximate surface area is 124 Å². The van der Waals surface area contributed by atoms with Crippen LogP contribution in [0, 0.1) is 0 Å². The van der Waals surface area contributed by atoms with E-state index in [1.54, 1.807) is 11.8 Å². The fraction of sp³-hybridized carbons (Fsp3) is 0.333. The zero-order chi connectivity index (χ0) is 14.2. The third-order valence-electron chi connectivity index (χ3n) is 2.51. The first-order valence-electron chi connectivity index (χ1n) is 6.74. The molecule has 4 nitrogen and oxygen atoms in total. The zero-order valence-electron chi connectivity index (χ0n) is 11.8. The number of anilines is 1. The Kier molecular flexibility index (Phi) is 5.83. The molecule has 2 aromatic rings. The molecular weight excluding hydrogens is 270 g/mol. The van der Waals surface area contributed by atoms with E-state index in [1.165, 1.54) is 0 Å². The van der Waals surface area contributed by atoms with Crippen molar-refractivity contribution in [2.75, 3.05) is 18.5 Å². The Balaban J connectivity index is 2.19. The molecule has 1 aromatic carbocycles. The molecule has 0 saturated heterocycles. The molecule has 0 radical (unpaired) electrons. The SMILES string of the molecule is CCNc1cc(Sc2ccccc2)nc(COCC)n1. The Bertz CT molecular complexity index is 534. The minimum absolute atomic E-state index is 0.443. The van der Waals surface area contributed by atoms with Gasteiger partial charge in [0.2, 0.25) is 0 Å². The van der Waals surface area contributed by atoms with Crippen LogP contribution in [-0.2, 0) is 11.3 Å². The van der Waals surface area contributed by atoms with E-state index in [0.29, 0.717) is 19.0 Å². The van der Waals surface area contributed by atoms with Gasteiger partial charge in [-0.1, -0.05) is 30.0 Å². The quantitative estimate of drug-likeness (QED) is 0.789. The van der Waals surface area contributed by atoms with E-state index in [0.717, 1.165) is 22.3 Å². The van der Waals surface area contributed by atoms with Crippen molar-refractivity contribution in [3.8, 4) is 0 Å². The molecule has 0 bridgehead atoms. The maximum Gasteiger partial charge on any atom is 0.157 e. The minimum Gasteiger partial charge on any atom is -0.374 e. The number of hydrogen-bond donors (Lipinski definition) is 1. The number of nitrogens with one attached hydrogen (secondary N) is 1. The molecule has 0 saturated carbocycles. The van der Waals surface area contributed by atoms with Gasteiger partial charge in [-0.15, -0.1) is 0 Å². The highest BCUT2D eigenvalue weighted by Gasteiger charge is 2.06. The fourth-order valence-corrected chi connectivity index (χ4v) is 2.52. The summed E-state index contributed by atoms with van der Waals surface area (Å²) in [6.07, 6.45) is 0. The molecule has 0 aliphatic carbocycles. The number of nitrogens with zero attached hydrogens (tertiary/aromatic N) is 2. The van der Waals surface area contributed by atoms with E-state index in [4.69, 9.17) is 4.74 Å². The second-order valence-corrected chi connectivity index (χ2v) is 5.18. The molecule has 0 fully saturated rings. The Hall–Kier alpha value is -1.59. The molecule has 0 spiro atoms. The second kappa shape index (κ2) is 7.87. The molecule has 0 unspecified atom stereocenters. The lowest BCUT2D eigenvalue weighted by molar-refractivity contribution is 0.128. The molecule has 20 heavy (non-hydrogen) atoms.